The number of nitrogens with zero attached hydrogens (tertiary/aromatic N) is 4. The van der Waals surface area contributed by atoms with Gasteiger partial charge in [0.1, 0.15) is 0 Å². The van der Waals surface area contributed by atoms with Crippen LogP contribution in [0.25, 0.3) is 52.2 Å². The molecule has 0 spiro atoms. The molecule has 0 N–H and O–H groups in total. The second kappa shape index (κ2) is 16.3. The maximum Gasteiger partial charge on any atom is 0.226 e. The minimum Gasteiger partial charge on any atom is -0.338 e. The number of hydrogen-bond donors (Lipinski definition) is 0. The van der Waals surface area contributed by atoms with Gasteiger partial charge in [-0.3, -0.25) is 0 Å². The Bertz CT molecular complexity index is 4370. The van der Waals surface area contributed by atoms with Gasteiger partial charge in [0.05, 0.1) is 31.7 Å². The quantitative estimate of drug-likeness (QED) is 0.164. The smallest absolute Gasteiger partial charge is 0.226 e. The molecule has 0 saturated heterocycles. The zero-order valence-electron chi connectivity index (χ0n) is 49.2. The topological polar surface area (TPSA) is 14.7 Å². The number of thiophene rings is 2. The van der Waals surface area contributed by atoms with Crippen molar-refractivity contribution in [2.45, 2.75) is 168 Å². The van der Waals surface area contributed by atoms with Crippen LogP contribution in [0.15, 0.2) is 144 Å². The number of benzene rings is 6. The molecule has 6 aromatic carbocycles. The average molecular weight is 1100 g/mol. The summed E-state index contributed by atoms with van der Waals surface area (Å²) in [4.78, 5) is 8.64. The Morgan fingerprint density at radius 2 is 1.25 bits per heavy atom. The highest BCUT2D eigenvalue weighted by Crippen LogP contribution is 2.65. The Morgan fingerprint density at radius 3 is 2.02 bits per heavy atom. The van der Waals surface area contributed by atoms with Crippen molar-refractivity contribution in [1.29, 1.82) is 0 Å². The molecule has 5 unspecified atom stereocenters. The molecule has 0 amide bonds. The third-order valence-electron chi connectivity index (χ3n) is 23.0. The minimum absolute atomic E-state index is 0.0160. The number of allylic oxidation sites excluding steroid dienone is 4. The van der Waals surface area contributed by atoms with Crippen LogP contribution in [0.4, 0.5) is 34.1 Å². The summed E-state index contributed by atoms with van der Waals surface area (Å²) in [7, 11) is 0. The summed E-state index contributed by atoms with van der Waals surface area (Å²) in [6.45, 7) is 25.2. The van der Waals surface area contributed by atoms with Crippen LogP contribution < -0.4 is 25.6 Å². The van der Waals surface area contributed by atoms with Crippen molar-refractivity contribution in [2.75, 3.05) is 14.7 Å². The molecular formula is C74H75BN4S2. The predicted molar refractivity (Wildman–Crippen MR) is 350 cm³/mol. The second-order valence-electron chi connectivity index (χ2n) is 28.9. The highest BCUT2D eigenvalue weighted by molar-refractivity contribution is 7.26. The fourth-order valence-electron chi connectivity index (χ4n) is 18.4. The first-order valence-corrected chi connectivity index (χ1v) is 32.5. The van der Waals surface area contributed by atoms with Crippen molar-refractivity contribution < 1.29 is 0 Å². The summed E-state index contributed by atoms with van der Waals surface area (Å²) in [5, 5.41) is 4.06. The van der Waals surface area contributed by atoms with E-state index in [1.54, 1.807) is 16.8 Å². The molecule has 4 aliphatic heterocycles. The summed E-state index contributed by atoms with van der Waals surface area (Å²) in [5.41, 5.74) is 24.6. The Kier molecular flexibility index (Phi) is 9.92. The van der Waals surface area contributed by atoms with Gasteiger partial charge in [-0.25, -0.2) is 0 Å². The molecule has 4 nitrogen and oxygen atoms in total. The van der Waals surface area contributed by atoms with Crippen LogP contribution in [0.2, 0.25) is 0 Å². The minimum atomic E-state index is -0.0886. The molecule has 81 heavy (non-hydrogen) atoms. The van der Waals surface area contributed by atoms with Gasteiger partial charge in [-0.15, -0.1) is 22.7 Å². The molecule has 0 radical (unpaired) electrons. The van der Waals surface area contributed by atoms with Gasteiger partial charge in [0.2, 0.25) is 6.71 Å². The highest BCUT2D eigenvalue weighted by Gasteiger charge is 2.61. The fourth-order valence-corrected chi connectivity index (χ4v) is 20.8. The zero-order valence-corrected chi connectivity index (χ0v) is 50.9. The van der Waals surface area contributed by atoms with E-state index < -0.39 is 0 Å². The van der Waals surface area contributed by atoms with Gasteiger partial charge < -0.3 is 19.3 Å². The molecule has 2 saturated carbocycles. The van der Waals surface area contributed by atoms with E-state index in [4.69, 9.17) is 0 Å². The van der Waals surface area contributed by atoms with Crippen molar-refractivity contribution >= 4 is 121 Å². The van der Waals surface area contributed by atoms with Gasteiger partial charge in [0.15, 0.2) is 0 Å². The lowest BCUT2D eigenvalue weighted by Gasteiger charge is -2.52. The zero-order chi connectivity index (χ0) is 55.1. The van der Waals surface area contributed by atoms with Crippen LogP contribution >= 0.6 is 22.7 Å². The predicted octanol–water partition coefficient (Wildman–Crippen LogP) is 19.9. The van der Waals surface area contributed by atoms with Gasteiger partial charge in [-0.1, -0.05) is 172 Å². The largest absolute Gasteiger partial charge is 0.338 e. The molecule has 2 fully saturated rings. The third kappa shape index (κ3) is 6.23. The van der Waals surface area contributed by atoms with Crippen LogP contribution in [0.1, 0.15) is 168 Å². The van der Waals surface area contributed by atoms with E-state index in [2.05, 4.69) is 222 Å². The van der Waals surface area contributed by atoms with E-state index in [1.165, 1.54) is 165 Å². The van der Waals surface area contributed by atoms with Crippen LogP contribution in [0.5, 0.6) is 0 Å². The van der Waals surface area contributed by atoms with Crippen molar-refractivity contribution in [3.8, 4) is 5.69 Å². The van der Waals surface area contributed by atoms with Gasteiger partial charge in [0.25, 0.3) is 0 Å². The molecule has 406 valence electrons. The summed E-state index contributed by atoms with van der Waals surface area (Å²) >= 11 is 3.98. The van der Waals surface area contributed by atoms with E-state index in [0.717, 1.165) is 19.3 Å². The molecular weight excluding hydrogens is 1020 g/mol. The Hall–Kier alpha value is -6.28. The van der Waals surface area contributed by atoms with Crippen molar-refractivity contribution in [1.82, 2.24) is 4.57 Å². The monoisotopic (exact) mass is 1090 g/mol. The van der Waals surface area contributed by atoms with E-state index in [-0.39, 0.29) is 45.3 Å². The molecule has 7 heterocycles. The Balaban J connectivity index is 0.992. The molecule has 17 rings (SSSR count). The van der Waals surface area contributed by atoms with Crippen molar-refractivity contribution in [3.63, 3.8) is 0 Å². The third-order valence-corrected chi connectivity index (χ3v) is 25.4. The molecule has 7 heteroatoms. The van der Waals surface area contributed by atoms with Crippen LogP contribution in [-0.4, -0.2) is 22.4 Å². The molecule has 0 bridgehead atoms. The average Bonchev–Trinajstić information content (AvgIpc) is 3.91. The van der Waals surface area contributed by atoms with E-state index >= 15 is 0 Å². The summed E-state index contributed by atoms with van der Waals surface area (Å²) in [6, 6.07) is 46.5. The fraction of sp³-hybridized carbons (Fsp3) is 0.378. The van der Waals surface area contributed by atoms with Gasteiger partial charge in [-0.05, 0) is 152 Å². The number of rotatable bonds is 3. The number of hydrogen-bond acceptors (Lipinski definition) is 5. The van der Waals surface area contributed by atoms with Crippen LogP contribution in [-0.2, 0) is 10.8 Å². The number of fused-ring (bicyclic) bond motifs is 17. The van der Waals surface area contributed by atoms with Crippen LogP contribution in [0, 0.1) is 10.8 Å². The maximum atomic E-state index is 2.97. The van der Waals surface area contributed by atoms with E-state index in [1.807, 2.05) is 22.7 Å². The van der Waals surface area contributed by atoms with Gasteiger partial charge in [0, 0.05) is 87.5 Å². The molecule has 8 aliphatic rings. The van der Waals surface area contributed by atoms with Crippen molar-refractivity contribution in [2.24, 2.45) is 10.8 Å². The van der Waals surface area contributed by atoms with Gasteiger partial charge >= 0.3 is 0 Å². The summed E-state index contributed by atoms with van der Waals surface area (Å²) < 4.78 is 8.34. The van der Waals surface area contributed by atoms with E-state index in [0.29, 0.717) is 0 Å². The second-order valence-corrected chi connectivity index (χ2v) is 31.0. The lowest BCUT2D eigenvalue weighted by molar-refractivity contribution is 0.153. The van der Waals surface area contributed by atoms with Crippen LogP contribution in [0.3, 0.4) is 0 Å². The Labute approximate surface area is 487 Å². The summed E-state index contributed by atoms with van der Waals surface area (Å²) in [5.74, 6) is 0.273. The first kappa shape index (κ1) is 49.3. The molecule has 4 aliphatic carbocycles. The SMILES string of the molecule is CC(C)(C)C1=CC2=C(CC1)N(c1cc3c4c(c1)-n1c5c(c6sc7ccccc7c61)C=CCC5B4c1ccc(N4c5ccc(C(C)(C)C)cc5C5(C)CCCCC45C)cc1N3c1cccc3c1sc1ccccc13)C1(C)CCCCC21C. The maximum absolute atomic E-state index is 2.97. The lowest BCUT2D eigenvalue weighted by atomic mass is 9.29. The standard InChI is InChI=1S/C74H75BN4S2/c1-69(2,3)44-29-33-56-52(39-44)71(7)35-15-17-37-73(71,9)78(56)46-31-32-54-59(41-46)76(58-26-20-23-49-48-21-11-13-27-62(48)80-67(49)58)60-42-47(79-57-34-30-45(70(4,5)6)40-53(57)72(8)36-16-18-38-74(72,79)10)43-61-64(60)75(54)55-25-19-24-51-65(55)77(61)66-50-22-12-14-28-63(50)81-68(51)66/h11-14,19-24,26-29,31-33,39-43,55H,15-18,25,30,34-38H2,1-10H3. The number of anilines is 6. The molecule has 9 aromatic rings. The normalized spacial score (nSPS) is 26.3. The Morgan fingerprint density at radius 1 is 0.568 bits per heavy atom. The molecule has 5 atom stereocenters. The number of aromatic nitrogens is 1. The highest BCUT2D eigenvalue weighted by atomic mass is 32.1. The molecule has 3 aromatic heterocycles. The summed E-state index contributed by atoms with van der Waals surface area (Å²) in [6.07, 6.45) is 20.8. The van der Waals surface area contributed by atoms with E-state index in [9.17, 15) is 0 Å². The first-order chi connectivity index (χ1) is 38.9. The first-order valence-electron chi connectivity index (χ1n) is 30.9. The lowest BCUT2D eigenvalue weighted by Crippen LogP contribution is -2.58. The van der Waals surface area contributed by atoms with Gasteiger partial charge in [-0.2, -0.15) is 0 Å². The van der Waals surface area contributed by atoms with Crippen molar-refractivity contribution in [3.05, 3.63) is 167 Å².